The van der Waals surface area contributed by atoms with E-state index >= 15 is 0 Å². The monoisotopic (exact) mass is 294 g/mol. The van der Waals surface area contributed by atoms with Gasteiger partial charge in [0.2, 0.25) is 0 Å². The van der Waals surface area contributed by atoms with Crippen molar-refractivity contribution in [3.05, 3.63) is 18.0 Å². The summed E-state index contributed by atoms with van der Waals surface area (Å²) >= 11 is 0. The third-order valence-electron chi connectivity index (χ3n) is 5.13. The highest BCUT2D eigenvalue weighted by Gasteiger charge is 2.39. The predicted molar refractivity (Wildman–Crippen MR) is 86.5 cm³/mol. The standard InChI is InChI=1S/C16H30N2OSi/c1-13-11-12-17-18(13)14-7-9-15(10-8-14)19-20(5,6)16(2,3)4/h11-12,14-15H,7-10H2,1-6H3. The Labute approximate surface area is 124 Å². The number of hydrogen-bond donors (Lipinski definition) is 0. The van der Waals surface area contributed by atoms with Crippen molar-refractivity contribution >= 4 is 8.32 Å². The maximum Gasteiger partial charge on any atom is 0.192 e. The minimum atomic E-state index is -1.61. The van der Waals surface area contributed by atoms with Crippen LogP contribution in [0.15, 0.2) is 12.3 Å². The second-order valence-corrected chi connectivity index (χ2v) is 12.5. The van der Waals surface area contributed by atoms with E-state index in [4.69, 9.17) is 4.43 Å². The van der Waals surface area contributed by atoms with E-state index in [1.807, 2.05) is 6.20 Å². The molecule has 0 amide bonds. The highest BCUT2D eigenvalue weighted by atomic mass is 28.4. The van der Waals surface area contributed by atoms with E-state index < -0.39 is 8.32 Å². The molecule has 0 unspecified atom stereocenters. The molecular weight excluding hydrogens is 264 g/mol. The van der Waals surface area contributed by atoms with Crippen LogP contribution in [0.1, 0.15) is 58.2 Å². The van der Waals surface area contributed by atoms with Crippen molar-refractivity contribution in [1.82, 2.24) is 9.78 Å². The largest absolute Gasteiger partial charge is 0.414 e. The van der Waals surface area contributed by atoms with Gasteiger partial charge in [-0.2, -0.15) is 5.10 Å². The second-order valence-electron chi connectivity index (χ2n) is 7.73. The molecule has 0 radical (unpaired) electrons. The Balaban J connectivity index is 1.91. The molecule has 1 aromatic rings. The number of aryl methyl sites for hydroxylation is 1. The molecule has 0 N–H and O–H groups in total. The number of aromatic nitrogens is 2. The second kappa shape index (κ2) is 5.64. The van der Waals surface area contributed by atoms with Crippen LogP contribution in [0.5, 0.6) is 0 Å². The Morgan fingerprint density at radius 3 is 2.25 bits per heavy atom. The molecule has 20 heavy (non-hydrogen) atoms. The van der Waals surface area contributed by atoms with E-state index in [0.717, 1.165) is 0 Å². The molecule has 4 heteroatoms. The van der Waals surface area contributed by atoms with Crippen LogP contribution in [-0.4, -0.2) is 24.2 Å². The fourth-order valence-electron chi connectivity index (χ4n) is 2.76. The van der Waals surface area contributed by atoms with Crippen molar-refractivity contribution < 1.29 is 4.43 Å². The molecular formula is C16H30N2OSi. The van der Waals surface area contributed by atoms with Crippen molar-refractivity contribution in [3.8, 4) is 0 Å². The van der Waals surface area contributed by atoms with Crippen molar-refractivity contribution in [1.29, 1.82) is 0 Å². The summed E-state index contributed by atoms with van der Waals surface area (Å²) in [5.74, 6) is 0. The molecule has 1 aromatic heterocycles. The summed E-state index contributed by atoms with van der Waals surface area (Å²) < 4.78 is 8.75. The Morgan fingerprint density at radius 1 is 1.20 bits per heavy atom. The number of hydrogen-bond acceptors (Lipinski definition) is 2. The molecule has 0 spiro atoms. The Morgan fingerprint density at radius 2 is 1.80 bits per heavy atom. The molecule has 1 heterocycles. The zero-order valence-electron chi connectivity index (χ0n) is 13.9. The fourth-order valence-corrected chi connectivity index (χ4v) is 4.19. The smallest absolute Gasteiger partial charge is 0.192 e. The van der Waals surface area contributed by atoms with Gasteiger partial charge in [0.25, 0.3) is 0 Å². The Bertz CT molecular complexity index is 440. The van der Waals surface area contributed by atoms with Crippen LogP contribution in [-0.2, 0) is 4.43 Å². The van der Waals surface area contributed by atoms with Crippen molar-refractivity contribution in [3.63, 3.8) is 0 Å². The first-order valence-electron chi connectivity index (χ1n) is 7.88. The summed E-state index contributed by atoms with van der Waals surface area (Å²) in [6.45, 7) is 13.8. The first-order chi connectivity index (χ1) is 9.21. The number of nitrogens with zero attached hydrogens (tertiary/aromatic N) is 2. The molecule has 0 saturated heterocycles. The Hall–Kier alpha value is -0.613. The SMILES string of the molecule is Cc1ccnn1C1CCC(O[Si](C)(C)C(C)(C)C)CC1. The number of rotatable bonds is 3. The molecule has 3 nitrogen and oxygen atoms in total. The quantitative estimate of drug-likeness (QED) is 0.756. The van der Waals surface area contributed by atoms with E-state index in [-0.39, 0.29) is 0 Å². The highest BCUT2D eigenvalue weighted by molar-refractivity contribution is 6.74. The lowest BCUT2D eigenvalue weighted by Gasteiger charge is -2.41. The van der Waals surface area contributed by atoms with Gasteiger partial charge in [0, 0.05) is 18.0 Å². The van der Waals surface area contributed by atoms with Crippen LogP contribution in [0, 0.1) is 6.92 Å². The molecule has 1 saturated carbocycles. The van der Waals surface area contributed by atoms with Gasteiger partial charge in [-0.15, -0.1) is 0 Å². The van der Waals surface area contributed by atoms with Gasteiger partial charge >= 0.3 is 0 Å². The van der Waals surface area contributed by atoms with Gasteiger partial charge < -0.3 is 4.43 Å². The average molecular weight is 295 g/mol. The normalized spacial score (nSPS) is 24.9. The molecule has 1 fully saturated rings. The van der Waals surface area contributed by atoms with Crippen LogP contribution in [0.4, 0.5) is 0 Å². The first kappa shape index (κ1) is 15.8. The minimum Gasteiger partial charge on any atom is -0.414 e. The molecule has 2 rings (SSSR count). The van der Waals surface area contributed by atoms with Gasteiger partial charge in [-0.3, -0.25) is 4.68 Å². The fraction of sp³-hybridized carbons (Fsp3) is 0.812. The van der Waals surface area contributed by atoms with Gasteiger partial charge in [0.1, 0.15) is 0 Å². The van der Waals surface area contributed by atoms with Gasteiger partial charge in [0.15, 0.2) is 8.32 Å². The summed E-state index contributed by atoms with van der Waals surface area (Å²) in [7, 11) is -1.61. The maximum atomic E-state index is 6.55. The average Bonchev–Trinajstić information content (AvgIpc) is 2.74. The highest BCUT2D eigenvalue weighted by Crippen LogP contribution is 2.40. The minimum absolute atomic E-state index is 0.308. The lowest BCUT2D eigenvalue weighted by Crippen LogP contribution is -2.44. The molecule has 0 aliphatic heterocycles. The zero-order chi connectivity index (χ0) is 15.0. The van der Waals surface area contributed by atoms with E-state index in [1.54, 1.807) is 0 Å². The van der Waals surface area contributed by atoms with E-state index in [0.29, 0.717) is 17.2 Å². The van der Waals surface area contributed by atoms with Crippen molar-refractivity contribution in [2.24, 2.45) is 0 Å². The summed E-state index contributed by atoms with van der Waals surface area (Å²) in [5, 5.41) is 4.77. The summed E-state index contributed by atoms with van der Waals surface area (Å²) in [6, 6.07) is 2.67. The van der Waals surface area contributed by atoms with Gasteiger partial charge in [-0.1, -0.05) is 20.8 Å². The van der Waals surface area contributed by atoms with E-state index in [1.165, 1.54) is 31.4 Å². The van der Waals surface area contributed by atoms with Gasteiger partial charge in [-0.25, -0.2) is 0 Å². The van der Waals surface area contributed by atoms with E-state index in [9.17, 15) is 0 Å². The zero-order valence-corrected chi connectivity index (χ0v) is 14.9. The predicted octanol–water partition coefficient (Wildman–Crippen LogP) is 4.70. The van der Waals surface area contributed by atoms with Crippen LogP contribution in [0.2, 0.25) is 18.1 Å². The third kappa shape index (κ3) is 3.34. The topological polar surface area (TPSA) is 27.1 Å². The molecule has 1 aliphatic rings. The third-order valence-corrected chi connectivity index (χ3v) is 9.66. The maximum absolute atomic E-state index is 6.55. The Kier molecular flexibility index (Phi) is 4.45. The first-order valence-corrected chi connectivity index (χ1v) is 10.8. The molecule has 0 bridgehead atoms. The lowest BCUT2D eigenvalue weighted by molar-refractivity contribution is 0.115. The van der Waals surface area contributed by atoms with Crippen molar-refractivity contribution in [2.45, 2.75) is 83.7 Å². The molecule has 0 atom stereocenters. The van der Waals surface area contributed by atoms with Crippen LogP contribution in [0.25, 0.3) is 0 Å². The molecule has 1 aliphatic carbocycles. The summed E-state index contributed by atoms with van der Waals surface area (Å²) in [6.07, 6.45) is 7.12. The lowest BCUT2D eigenvalue weighted by atomic mass is 9.93. The molecule has 114 valence electrons. The van der Waals surface area contributed by atoms with Crippen LogP contribution >= 0.6 is 0 Å². The summed E-state index contributed by atoms with van der Waals surface area (Å²) in [4.78, 5) is 0. The molecule has 0 aromatic carbocycles. The van der Waals surface area contributed by atoms with Crippen molar-refractivity contribution in [2.75, 3.05) is 0 Å². The van der Waals surface area contributed by atoms with E-state index in [2.05, 4.69) is 56.6 Å². The van der Waals surface area contributed by atoms with Gasteiger partial charge in [-0.05, 0) is 56.8 Å². The van der Waals surface area contributed by atoms with Crippen LogP contribution < -0.4 is 0 Å². The van der Waals surface area contributed by atoms with Gasteiger partial charge in [0.05, 0.1) is 6.04 Å². The summed E-state index contributed by atoms with van der Waals surface area (Å²) in [5.41, 5.74) is 1.28. The van der Waals surface area contributed by atoms with Crippen LogP contribution in [0.3, 0.4) is 0 Å².